The van der Waals surface area contributed by atoms with Crippen molar-refractivity contribution in [3.63, 3.8) is 0 Å². The van der Waals surface area contributed by atoms with Crippen molar-refractivity contribution in [2.24, 2.45) is 5.92 Å². The van der Waals surface area contributed by atoms with Gasteiger partial charge in [0.15, 0.2) is 0 Å². The predicted molar refractivity (Wildman–Crippen MR) is 90.9 cm³/mol. The average molecular weight is 356 g/mol. The van der Waals surface area contributed by atoms with E-state index in [4.69, 9.17) is 9.84 Å². The van der Waals surface area contributed by atoms with Crippen LogP contribution in [0.5, 0.6) is 0 Å². The molecule has 0 unspecified atom stereocenters. The number of benzene rings is 1. The van der Waals surface area contributed by atoms with Crippen LogP contribution in [0.15, 0.2) is 23.1 Å². The van der Waals surface area contributed by atoms with Crippen LogP contribution in [0.4, 0.5) is 5.69 Å². The van der Waals surface area contributed by atoms with Crippen LogP contribution in [-0.4, -0.2) is 45.3 Å². The van der Waals surface area contributed by atoms with Gasteiger partial charge in [0.2, 0.25) is 10.0 Å². The third-order valence-electron chi connectivity index (χ3n) is 3.74. The van der Waals surface area contributed by atoms with Crippen LogP contribution in [0.25, 0.3) is 0 Å². The highest BCUT2D eigenvalue weighted by Crippen LogP contribution is 2.24. The van der Waals surface area contributed by atoms with Gasteiger partial charge in [-0.2, -0.15) is 0 Å². The fourth-order valence-corrected chi connectivity index (χ4v) is 3.70. The maximum atomic E-state index is 12.6. The molecule has 0 bridgehead atoms. The van der Waals surface area contributed by atoms with Crippen LogP contribution in [0.2, 0.25) is 0 Å². The summed E-state index contributed by atoms with van der Waals surface area (Å²) < 4.78 is 33.2. The molecule has 0 aromatic heterocycles. The van der Waals surface area contributed by atoms with E-state index in [-0.39, 0.29) is 23.1 Å². The molecule has 1 aliphatic heterocycles. The Morgan fingerprint density at radius 2 is 2.17 bits per heavy atom. The summed E-state index contributed by atoms with van der Waals surface area (Å²) in [6, 6.07) is 4.07. The number of carboxylic acid groups (broad SMARTS) is 1. The van der Waals surface area contributed by atoms with Gasteiger partial charge in [-0.25, -0.2) is 17.9 Å². The Labute approximate surface area is 142 Å². The third-order valence-corrected chi connectivity index (χ3v) is 5.21. The molecule has 7 nitrogen and oxygen atoms in total. The second-order valence-electron chi connectivity index (χ2n) is 6.28. The van der Waals surface area contributed by atoms with Crippen LogP contribution in [0.3, 0.4) is 0 Å². The quantitative estimate of drug-likeness (QED) is 0.657. The molecule has 0 amide bonds. The van der Waals surface area contributed by atoms with E-state index in [1.165, 1.54) is 18.2 Å². The van der Waals surface area contributed by atoms with Crippen molar-refractivity contribution < 1.29 is 23.1 Å². The zero-order chi connectivity index (χ0) is 17.7. The molecular weight excluding hydrogens is 332 g/mol. The van der Waals surface area contributed by atoms with Gasteiger partial charge in [-0.1, -0.05) is 13.8 Å². The first-order valence-electron chi connectivity index (χ1n) is 8.02. The number of rotatable bonds is 8. The Balaban J connectivity index is 2.25. The summed E-state index contributed by atoms with van der Waals surface area (Å²) in [4.78, 5) is 11.1. The monoisotopic (exact) mass is 356 g/mol. The molecule has 1 aliphatic rings. The van der Waals surface area contributed by atoms with E-state index in [1.54, 1.807) is 0 Å². The van der Waals surface area contributed by atoms with Crippen molar-refractivity contribution in [2.75, 3.05) is 25.0 Å². The number of ether oxygens (including phenoxy) is 1. The maximum Gasteiger partial charge on any atom is 0.335 e. The minimum Gasteiger partial charge on any atom is -0.478 e. The molecule has 0 spiro atoms. The van der Waals surface area contributed by atoms with E-state index >= 15 is 0 Å². The lowest BCUT2D eigenvalue weighted by molar-refractivity contribution is 0.0696. The Bertz CT molecular complexity index is 682. The number of anilines is 1. The largest absolute Gasteiger partial charge is 0.478 e. The van der Waals surface area contributed by atoms with Gasteiger partial charge in [-0.3, -0.25) is 0 Å². The predicted octanol–water partition coefficient (Wildman–Crippen LogP) is 1.91. The van der Waals surface area contributed by atoms with E-state index in [2.05, 4.69) is 10.0 Å². The van der Waals surface area contributed by atoms with Crippen LogP contribution < -0.4 is 10.0 Å². The maximum absolute atomic E-state index is 12.6. The van der Waals surface area contributed by atoms with Gasteiger partial charge in [0.25, 0.3) is 0 Å². The molecule has 1 heterocycles. The van der Waals surface area contributed by atoms with E-state index < -0.39 is 16.0 Å². The van der Waals surface area contributed by atoms with Crippen molar-refractivity contribution in [2.45, 2.75) is 37.7 Å². The lowest BCUT2D eigenvalue weighted by atomic mass is 10.2. The van der Waals surface area contributed by atoms with E-state index in [1.807, 2.05) is 13.8 Å². The molecular formula is C16H24N2O5S. The summed E-state index contributed by atoms with van der Waals surface area (Å²) in [6.07, 6.45) is 1.60. The van der Waals surface area contributed by atoms with Crippen LogP contribution in [0.1, 0.15) is 37.0 Å². The first-order valence-corrected chi connectivity index (χ1v) is 9.50. The highest BCUT2D eigenvalue weighted by atomic mass is 32.2. The molecule has 1 atom stereocenters. The van der Waals surface area contributed by atoms with E-state index in [0.717, 1.165) is 12.8 Å². The van der Waals surface area contributed by atoms with Crippen molar-refractivity contribution in [1.82, 2.24) is 4.72 Å². The van der Waals surface area contributed by atoms with Gasteiger partial charge >= 0.3 is 5.97 Å². The second-order valence-corrected chi connectivity index (χ2v) is 8.01. The summed E-state index contributed by atoms with van der Waals surface area (Å²) in [6.45, 7) is 5.41. The van der Waals surface area contributed by atoms with Gasteiger partial charge in [-0.05, 0) is 37.0 Å². The molecule has 1 fully saturated rings. The smallest absolute Gasteiger partial charge is 0.335 e. The first kappa shape index (κ1) is 18.7. The number of hydrogen-bond acceptors (Lipinski definition) is 5. The number of nitrogens with one attached hydrogen (secondary N) is 2. The average Bonchev–Trinajstić information content (AvgIpc) is 3.04. The van der Waals surface area contributed by atoms with Gasteiger partial charge in [-0.15, -0.1) is 0 Å². The third kappa shape index (κ3) is 4.93. The summed E-state index contributed by atoms with van der Waals surface area (Å²) in [5.41, 5.74) is 0.330. The molecule has 134 valence electrons. The Morgan fingerprint density at radius 1 is 1.42 bits per heavy atom. The lowest BCUT2D eigenvalue weighted by Gasteiger charge is -2.16. The number of hydrogen-bond donors (Lipinski definition) is 3. The second kappa shape index (κ2) is 7.96. The highest BCUT2D eigenvalue weighted by Gasteiger charge is 2.24. The number of sulfonamides is 1. The molecule has 0 radical (unpaired) electrons. The Hall–Kier alpha value is -1.64. The summed E-state index contributed by atoms with van der Waals surface area (Å²) in [5.74, 6) is -0.847. The Morgan fingerprint density at radius 3 is 2.75 bits per heavy atom. The van der Waals surface area contributed by atoms with Gasteiger partial charge < -0.3 is 15.2 Å². The first-order chi connectivity index (χ1) is 11.3. The molecule has 2 rings (SSSR count). The minimum atomic E-state index is -3.84. The van der Waals surface area contributed by atoms with Crippen molar-refractivity contribution in [1.29, 1.82) is 0 Å². The Kier molecular flexibility index (Phi) is 6.20. The zero-order valence-corrected chi connectivity index (χ0v) is 14.7. The summed E-state index contributed by atoms with van der Waals surface area (Å²) >= 11 is 0. The number of carboxylic acids is 1. The normalized spacial score (nSPS) is 18.0. The molecule has 0 aliphatic carbocycles. The van der Waals surface area contributed by atoms with Crippen molar-refractivity contribution in [3.8, 4) is 0 Å². The lowest BCUT2D eigenvalue weighted by Crippen LogP contribution is -2.32. The fourth-order valence-electron chi connectivity index (χ4n) is 2.42. The summed E-state index contributed by atoms with van der Waals surface area (Å²) in [7, 11) is -3.84. The molecule has 3 N–H and O–H groups in total. The van der Waals surface area contributed by atoms with E-state index in [9.17, 15) is 13.2 Å². The number of carbonyl (C=O) groups is 1. The van der Waals surface area contributed by atoms with Crippen molar-refractivity contribution >= 4 is 21.7 Å². The topological polar surface area (TPSA) is 105 Å². The van der Waals surface area contributed by atoms with E-state index in [0.29, 0.717) is 24.8 Å². The SMILES string of the molecule is CC(C)CNc1ccc(C(=O)O)cc1S(=O)(=O)NC[C@@H]1CCCO1. The molecule has 0 saturated carbocycles. The highest BCUT2D eigenvalue weighted by molar-refractivity contribution is 7.89. The fraction of sp³-hybridized carbons (Fsp3) is 0.562. The van der Waals surface area contributed by atoms with Crippen LogP contribution >= 0.6 is 0 Å². The molecule has 1 aromatic carbocycles. The van der Waals surface area contributed by atoms with Gasteiger partial charge in [0.05, 0.1) is 17.4 Å². The zero-order valence-electron chi connectivity index (χ0n) is 13.9. The number of aromatic carboxylic acids is 1. The summed E-state index contributed by atoms with van der Waals surface area (Å²) in [5, 5.41) is 12.2. The van der Waals surface area contributed by atoms with Crippen LogP contribution in [0, 0.1) is 5.92 Å². The molecule has 1 aromatic rings. The van der Waals surface area contributed by atoms with Crippen molar-refractivity contribution in [3.05, 3.63) is 23.8 Å². The van der Waals surface area contributed by atoms with Crippen LogP contribution in [-0.2, 0) is 14.8 Å². The van der Waals surface area contributed by atoms with Gasteiger partial charge in [0, 0.05) is 19.7 Å². The molecule has 1 saturated heterocycles. The standard InChI is InChI=1S/C16H24N2O5S/c1-11(2)9-17-14-6-5-12(16(19)20)8-15(14)24(21,22)18-10-13-4-3-7-23-13/h5-6,8,11,13,17-18H,3-4,7,9-10H2,1-2H3,(H,19,20)/t13-/m0/s1. The molecule has 24 heavy (non-hydrogen) atoms. The minimum absolute atomic E-state index is 0.0546. The van der Waals surface area contributed by atoms with Gasteiger partial charge in [0.1, 0.15) is 4.90 Å². The molecule has 8 heteroatoms.